The number of carboxylic acids is 1. The quantitative estimate of drug-likeness (QED) is 0.831. The number of amides is 1. The molecule has 5 heteroatoms. The lowest BCUT2D eigenvalue weighted by Crippen LogP contribution is -2.47. The highest BCUT2D eigenvalue weighted by molar-refractivity contribution is 7.07. The molecular formula is C11H13NO3S. The number of hydrogen-bond donors (Lipinski definition) is 2. The van der Waals surface area contributed by atoms with Gasteiger partial charge in [-0.25, -0.2) is 0 Å². The molecular weight excluding hydrogens is 226 g/mol. The lowest BCUT2D eigenvalue weighted by atomic mass is 9.80. The van der Waals surface area contributed by atoms with Crippen molar-refractivity contribution in [3.05, 3.63) is 22.4 Å². The molecule has 4 nitrogen and oxygen atoms in total. The van der Waals surface area contributed by atoms with Gasteiger partial charge in [0.05, 0.1) is 12.3 Å². The normalized spacial score (nSPS) is 23.5. The Morgan fingerprint density at radius 1 is 1.50 bits per heavy atom. The molecule has 86 valence electrons. The van der Waals surface area contributed by atoms with Crippen molar-refractivity contribution in [1.82, 2.24) is 5.32 Å². The minimum atomic E-state index is -0.761. The zero-order chi connectivity index (χ0) is 11.5. The zero-order valence-electron chi connectivity index (χ0n) is 8.68. The van der Waals surface area contributed by atoms with Crippen LogP contribution in [0.4, 0.5) is 0 Å². The van der Waals surface area contributed by atoms with Crippen molar-refractivity contribution >= 4 is 23.2 Å². The number of carbonyl (C=O) groups is 2. The summed E-state index contributed by atoms with van der Waals surface area (Å²) < 4.78 is 0. The van der Waals surface area contributed by atoms with Crippen molar-refractivity contribution < 1.29 is 14.7 Å². The van der Waals surface area contributed by atoms with Crippen LogP contribution in [0.1, 0.15) is 18.4 Å². The molecule has 1 saturated carbocycles. The molecule has 2 rings (SSSR count). The highest BCUT2D eigenvalue weighted by Gasteiger charge is 2.35. The minimum Gasteiger partial charge on any atom is -0.481 e. The molecule has 0 saturated heterocycles. The van der Waals surface area contributed by atoms with Crippen molar-refractivity contribution in [2.24, 2.45) is 5.92 Å². The van der Waals surface area contributed by atoms with Gasteiger partial charge in [0.15, 0.2) is 0 Å². The van der Waals surface area contributed by atoms with E-state index in [1.807, 2.05) is 16.8 Å². The van der Waals surface area contributed by atoms with Gasteiger partial charge in [0.2, 0.25) is 5.91 Å². The summed E-state index contributed by atoms with van der Waals surface area (Å²) in [5, 5.41) is 15.4. The number of rotatable bonds is 4. The second-order valence-electron chi connectivity index (χ2n) is 4.08. The number of carboxylic acid groups (broad SMARTS) is 1. The molecule has 1 aromatic rings. The van der Waals surface area contributed by atoms with Gasteiger partial charge in [0.1, 0.15) is 0 Å². The summed E-state index contributed by atoms with van der Waals surface area (Å²) in [6, 6.07) is 1.97. The van der Waals surface area contributed by atoms with E-state index in [1.54, 1.807) is 11.3 Å². The first-order valence-corrected chi connectivity index (χ1v) is 6.12. The summed E-state index contributed by atoms with van der Waals surface area (Å²) >= 11 is 1.57. The van der Waals surface area contributed by atoms with Crippen LogP contribution >= 0.6 is 11.3 Å². The third-order valence-electron chi connectivity index (χ3n) is 2.80. The van der Waals surface area contributed by atoms with Crippen LogP contribution in [0.5, 0.6) is 0 Å². The van der Waals surface area contributed by atoms with Gasteiger partial charge in [-0.2, -0.15) is 11.3 Å². The van der Waals surface area contributed by atoms with Gasteiger partial charge in [-0.15, -0.1) is 0 Å². The Morgan fingerprint density at radius 2 is 2.25 bits per heavy atom. The number of carbonyl (C=O) groups excluding carboxylic acids is 1. The summed E-state index contributed by atoms with van der Waals surface area (Å²) in [5.41, 5.74) is 1.01. The molecule has 2 N–H and O–H groups in total. The van der Waals surface area contributed by atoms with E-state index in [1.165, 1.54) is 0 Å². The topological polar surface area (TPSA) is 66.4 Å². The highest BCUT2D eigenvalue weighted by atomic mass is 32.1. The first kappa shape index (κ1) is 11.1. The van der Waals surface area contributed by atoms with Crippen LogP contribution in [0.2, 0.25) is 0 Å². The van der Waals surface area contributed by atoms with Crippen LogP contribution in [0.25, 0.3) is 0 Å². The Kier molecular flexibility index (Phi) is 3.24. The summed E-state index contributed by atoms with van der Waals surface area (Å²) in [4.78, 5) is 22.1. The van der Waals surface area contributed by atoms with E-state index in [0.29, 0.717) is 19.3 Å². The maximum Gasteiger partial charge on any atom is 0.306 e. The van der Waals surface area contributed by atoms with E-state index in [0.717, 1.165) is 5.56 Å². The first-order chi connectivity index (χ1) is 7.65. The summed E-state index contributed by atoms with van der Waals surface area (Å²) in [7, 11) is 0. The fourth-order valence-electron chi connectivity index (χ4n) is 1.79. The molecule has 1 amide bonds. The molecule has 0 aliphatic heterocycles. The SMILES string of the molecule is O=C(Cc1ccsc1)NC1CC(C(=O)O)C1. The van der Waals surface area contributed by atoms with Gasteiger partial charge in [0, 0.05) is 6.04 Å². The van der Waals surface area contributed by atoms with Gasteiger partial charge in [-0.05, 0) is 35.2 Å². The van der Waals surface area contributed by atoms with Crippen LogP contribution in [0, 0.1) is 5.92 Å². The van der Waals surface area contributed by atoms with Crippen LogP contribution in [0.15, 0.2) is 16.8 Å². The number of nitrogens with one attached hydrogen (secondary N) is 1. The third kappa shape index (κ3) is 2.61. The number of hydrogen-bond acceptors (Lipinski definition) is 3. The Bertz CT molecular complexity index is 382. The van der Waals surface area contributed by atoms with Crippen LogP contribution in [-0.4, -0.2) is 23.0 Å². The smallest absolute Gasteiger partial charge is 0.306 e. The fraction of sp³-hybridized carbons (Fsp3) is 0.455. The molecule has 1 fully saturated rings. The van der Waals surface area contributed by atoms with E-state index >= 15 is 0 Å². The molecule has 0 radical (unpaired) electrons. The molecule has 16 heavy (non-hydrogen) atoms. The van der Waals surface area contributed by atoms with E-state index in [4.69, 9.17) is 5.11 Å². The Balaban J connectivity index is 1.71. The Morgan fingerprint density at radius 3 is 2.81 bits per heavy atom. The zero-order valence-corrected chi connectivity index (χ0v) is 9.50. The van der Waals surface area contributed by atoms with E-state index < -0.39 is 5.97 Å². The van der Waals surface area contributed by atoms with Gasteiger partial charge in [-0.3, -0.25) is 9.59 Å². The largest absolute Gasteiger partial charge is 0.481 e. The molecule has 1 heterocycles. The molecule has 0 atom stereocenters. The standard InChI is InChI=1S/C11H13NO3S/c13-10(3-7-1-2-16-6-7)12-9-4-8(5-9)11(14)15/h1-2,6,8-9H,3-5H2,(H,12,13)(H,14,15). The van der Waals surface area contributed by atoms with E-state index in [-0.39, 0.29) is 17.9 Å². The van der Waals surface area contributed by atoms with Gasteiger partial charge in [0.25, 0.3) is 0 Å². The average molecular weight is 239 g/mol. The predicted molar refractivity (Wildman–Crippen MR) is 60.3 cm³/mol. The average Bonchev–Trinajstić information content (AvgIpc) is 2.62. The molecule has 0 aromatic carbocycles. The fourth-order valence-corrected chi connectivity index (χ4v) is 2.46. The maximum absolute atomic E-state index is 11.5. The van der Waals surface area contributed by atoms with Crippen molar-refractivity contribution in [1.29, 1.82) is 0 Å². The highest BCUT2D eigenvalue weighted by Crippen LogP contribution is 2.27. The molecule has 1 aromatic heterocycles. The summed E-state index contributed by atoms with van der Waals surface area (Å²) in [6.07, 6.45) is 1.51. The van der Waals surface area contributed by atoms with Crippen molar-refractivity contribution in [2.45, 2.75) is 25.3 Å². The van der Waals surface area contributed by atoms with Crippen LogP contribution < -0.4 is 5.32 Å². The first-order valence-electron chi connectivity index (χ1n) is 5.18. The van der Waals surface area contributed by atoms with Gasteiger partial charge >= 0.3 is 5.97 Å². The monoisotopic (exact) mass is 239 g/mol. The van der Waals surface area contributed by atoms with Crippen molar-refractivity contribution in [3.63, 3.8) is 0 Å². The Labute approximate surface area is 97.3 Å². The summed E-state index contributed by atoms with van der Waals surface area (Å²) in [6.45, 7) is 0. The maximum atomic E-state index is 11.5. The van der Waals surface area contributed by atoms with E-state index in [9.17, 15) is 9.59 Å². The van der Waals surface area contributed by atoms with Gasteiger partial charge < -0.3 is 10.4 Å². The molecule has 1 aliphatic carbocycles. The summed E-state index contributed by atoms with van der Waals surface area (Å²) in [5.74, 6) is -1.05. The molecule has 0 bridgehead atoms. The second kappa shape index (κ2) is 4.65. The molecule has 0 spiro atoms. The van der Waals surface area contributed by atoms with Crippen LogP contribution in [-0.2, 0) is 16.0 Å². The number of thiophene rings is 1. The molecule has 0 unspecified atom stereocenters. The van der Waals surface area contributed by atoms with Crippen molar-refractivity contribution in [2.75, 3.05) is 0 Å². The third-order valence-corrected chi connectivity index (χ3v) is 3.53. The van der Waals surface area contributed by atoms with Crippen LogP contribution in [0.3, 0.4) is 0 Å². The lowest BCUT2D eigenvalue weighted by molar-refractivity contribution is -0.146. The second-order valence-corrected chi connectivity index (χ2v) is 4.86. The van der Waals surface area contributed by atoms with E-state index in [2.05, 4.69) is 5.32 Å². The number of aliphatic carboxylic acids is 1. The minimum absolute atomic E-state index is 0.0211. The molecule has 1 aliphatic rings. The predicted octanol–water partition coefficient (Wildman–Crippen LogP) is 1.27. The lowest BCUT2D eigenvalue weighted by Gasteiger charge is -2.32. The van der Waals surface area contributed by atoms with Crippen molar-refractivity contribution in [3.8, 4) is 0 Å². The Hall–Kier alpha value is -1.36. The van der Waals surface area contributed by atoms with Gasteiger partial charge in [-0.1, -0.05) is 0 Å².